The lowest BCUT2D eigenvalue weighted by atomic mass is 10.2. The molecule has 0 N–H and O–H groups in total. The maximum atomic E-state index is 13.1. The smallest absolute Gasteiger partial charge is 0.240 e. The summed E-state index contributed by atoms with van der Waals surface area (Å²) >= 11 is 0. The molecule has 0 saturated carbocycles. The summed E-state index contributed by atoms with van der Waals surface area (Å²) in [6.45, 7) is 0.608. The fourth-order valence-corrected chi connectivity index (χ4v) is 2.47. The van der Waals surface area contributed by atoms with Gasteiger partial charge in [0.2, 0.25) is 5.89 Å². The van der Waals surface area contributed by atoms with E-state index in [2.05, 4.69) is 10.1 Å². The molecule has 2 aromatic rings. The molecule has 22 heavy (non-hydrogen) atoms. The van der Waals surface area contributed by atoms with Crippen molar-refractivity contribution < 1.29 is 21.7 Å². The van der Waals surface area contributed by atoms with Crippen LogP contribution in [0.3, 0.4) is 0 Å². The van der Waals surface area contributed by atoms with E-state index in [9.17, 15) is 17.2 Å². The van der Waals surface area contributed by atoms with Crippen molar-refractivity contribution in [1.29, 1.82) is 0 Å². The van der Waals surface area contributed by atoms with E-state index in [-0.39, 0.29) is 24.0 Å². The summed E-state index contributed by atoms with van der Waals surface area (Å²) in [6, 6.07) is 3.67. The van der Waals surface area contributed by atoms with E-state index in [1.807, 2.05) is 0 Å². The molecule has 0 fully saturated rings. The maximum absolute atomic E-state index is 13.1. The molecule has 0 radical (unpaired) electrons. The Balaban J connectivity index is 1.97. The fourth-order valence-electron chi connectivity index (χ4n) is 1.88. The molecule has 0 saturated heterocycles. The summed E-state index contributed by atoms with van der Waals surface area (Å²) in [4.78, 5) is 5.73. The van der Waals surface area contributed by atoms with Crippen LogP contribution in [0.1, 0.15) is 17.3 Å². The van der Waals surface area contributed by atoms with Crippen molar-refractivity contribution in [3.63, 3.8) is 0 Å². The summed E-state index contributed by atoms with van der Waals surface area (Å²) < 4.78 is 53.2. The van der Waals surface area contributed by atoms with Crippen LogP contribution in [0.5, 0.6) is 0 Å². The highest BCUT2D eigenvalue weighted by Gasteiger charge is 2.14. The van der Waals surface area contributed by atoms with Crippen LogP contribution in [-0.4, -0.2) is 36.8 Å². The van der Waals surface area contributed by atoms with Gasteiger partial charge in [-0.25, -0.2) is 17.2 Å². The Morgan fingerprint density at radius 2 is 1.95 bits per heavy atom. The molecule has 0 spiro atoms. The van der Waals surface area contributed by atoms with E-state index in [0.29, 0.717) is 12.1 Å². The van der Waals surface area contributed by atoms with Crippen LogP contribution in [0.2, 0.25) is 0 Å². The molecule has 9 heteroatoms. The average molecular weight is 331 g/mol. The minimum Gasteiger partial charge on any atom is -0.338 e. The fraction of sp³-hybridized carbons (Fsp3) is 0.385. The predicted molar refractivity (Wildman–Crippen MR) is 74.4 cm³/mol. The molecule has 1 aromatic carbocycles. The molecule has 120 valence electrons. The zero-order valence-electron chi connectivity index (χ0n) is 12.1. The molecule has 1 aromatic heterocycles. The summed E-state index contributed by atoms with van der Waals surface area (Å²) in [7, 11) is -1.49. The van der Waals surface area contributed by atoms with Crippen molar-refractivity contribution in [2.45, 2.75) is 18.8 Å². The van der Waals surface area contributed by atoms with Crippen LogP contribution < -0.4 is 0 Å². The lowest BCUT2D eigenvalue weighted by Gasteiger charge is -2.14. The van der Waals surface area contributed by atoms with Gasteiger partial charge in [-0.3, -0.25) is 4.90 Å². The topological polar surface area (TPSA) is 76.3 Å². The summed E-state index contributed by atoms with van der Waals surface area (Å²) in [5.41, 5.74) is 0.595. The van der Waals surface area contributed by atoms with Gasteiger partial charge in [-0.2, -0.15) is 4.98 Å². The Morgan fingerprint density at radius 3 is 2.59 bits per heavy atom. The number of hydrogen-bond donors (Lipinski definition) is 0. The molecular formula is C13H15F2N3O3S. The number of hydrogen-bond acceptors (Lipinski definition) is 6. The first-order valence-corrected chi connectivity index (χ1v) is 8.40. The zero-order chi connectivity index (χ0) is 16.3. The van der Waals surface area contributed by atoms with Crippen molar-refractivity contribution in [3.05, 3.63) is 47.1 Å². The predicted octanol–water partition coefficient (Wildman–Crippen LogP) is 1.52. The zero-order valence-corrected chi connectivity index (χ0v) is 12.9. The Morgan fingerprint density at radius 1 is 1.23 bits per heavy atom. The molecule has 0 atom stereocenters. The van der Waals surface area contributed by atoms with E-state index < -0.39 is 21.5 Å². The molecule has 0 unspecified atom stereocenters. The number of halogens is 2. The van der Waals surface area contributed by atoms with E-state index in [1.54, 1.807) is 11.9 Å². The molecule has 0 aliphatic heterocycles. The number of benzene rings is 1. The Bertz CT molecular complexity index is 762. The van der Waals surface area contributed by atoms with Crippen molar-refractivity contribution in [2.24, 2.45) is 0 Å². The quantitative estimate of drug-likeness (QED) is 0.799. The normalized spacial score (nSPS) is 12.0. The third-order valence-corrected chi connectivity index (χ3v) is 3.53. The van der Waals surface area contributed by atoms with Crippen LogP contribution in [0.15, 0.2) is 22.7 Å². The minimum absolute atomic E-state index is 0.0960. The van der Waals surface area contributed by atoms with Gasteiger partial charge in [-0.05, 0) is 24.7 Å². The second kappa shape index (κ2) is 6.49. The first-order valence-electron chi connectivity index (χ1n) is 6.34. The standard InChI is InChI=1S/C13H15F2N3O3S/c1-18(6-9-3-4-10(14)11(15)5-9)7-13-16-12(17-21-13)8-22(2,19)20/h3-5H,6-8H2,1-2H3. The Hall–Kier alpha value is -1.87. The van der Waals surface area contributed by atoms with Crippen LogP contribution in [0.25, 0.3) is 0 Å². The van der Waals surface area contributed by atoms with Gasteiger partial charge < -0.3 is 4.52 Å². The van der Waals surface area contributed by atoms with Crippen LogP contribution in [0.4, 0.5) is 8.78 Å². The van der Waals surface area contributed by atoms with Crippen LogP contribution in [-0.2, 0) is 28.7 Å². The van der Waals surface area contributed by atoms with E-state index in [1.165, 1.54) is 6.07 Å². The van der Waals surface area contributed by atoms with Gasteiger partial charge in [-0.15, -0.1) is 0 Å². The highest BCUT2D eigenvalue weighted by Crippen LogP contribution is 2.12. The van der Waals surface area contributed by atoms with E-state index in [0.717, 1.165) is 18.4 Å². The second-order valence-electron chi connectivity index (χ2n) is 5.10. The first kappa shape index (κ1) is 16.5. The molecule has 0 amide bonds. The summed E-state index contributed by atoms with van der Waals surface area (Å²) in [5.74, 6) is -1.74. The third-order valence-electron chi connectivity index (χ3n) is 2.74. The largest absolute Gasteiger partial charge is 0.338 e. The molecule has 0 bridgehead atoms. The monoisotopic (exact) mass is 331 g/mol. The molecule has 0 aliphatic carbocycles. The van der Waals surface area contributed by atoms with Gasteiger partial charge in [0.05, 0.1) is 6.54 Å². The maximum Gasteiger partial charge on any atom is 0.240 e. The molecule has 1 heterocycles. The minimum atomic E-state index is -3.23. The number of aromatic nitrogens is 2. The van der Waals surface area contributed by atoms with Gasteiger partial charge in [0, 0.05) is 12.8 Å². The lowest BCUT2D eigenvalue weighted by Crippen LogP contribution is -2.17. The van der Waals surface area contributed by atoms with Crippen LogP contribution >= 0.6 is 0 Å². The number of sulfone groups is 1. The van der Waals surface area contributed by atoms with Gasteiger partial charge in [0.25, 0.3) is 0 Å². The van der Waals surface area contributed by atoms with Crippen molar-refractivity contribution in [3.8, 4) is 0 Å². The van der Waals surface area contributed by atoms with Gasteiger partial charge in [-0.1, -0.05) is 11.2 Å². The van der Waals surface area contributed by atoms with Crippen LogP contribution in [0, 0.1) is 11.6 Å². The third kappa shape index (κ3) is 4.85. The van der Waals surface area contributed by atoms with Gasteiger partial charge >= 0.3 is 0 Å². The van der Waals surface area contributed by atoms with E-state index in [4.69, 9.17) is 4.52 Å². The summed E-state index contributed by atoms with van der Waals surface area (Å²) in [5, 5.41) is 3.59. The number of rotatable bonds is 6. The van der Waals surface area contributed by atoms with Gasteiger partial charge in [0.15, 0.2) is 27.3 Å². The number of nitrogens with zero attached hydrogens (tertiary/aromatic N) is 3. The second-order valence-corrected chi connectivity index (χ2v) is 7.24. The van der Waals surface area contributed by atoms with E-state index >= 15 is 0 Å². The molecular weight excluding hydrogens is 316 g/mol. The SMILES string of the molecule is CN(Cc1ccc(F)c(F)c1)Cc1nc(CS(C)(=O)=O)no1. The van der Waals surface area contributed by atoms with Crippen molar-refractivity contribution >= 4 is 9.84 Å². The highest BCUT2D eigenvalue weighted by atomic mass is 32.2. The van der Waals surface area contributed by atoms with Crippen molar-refractivity contribution in [1.82, 2.24) is 15.0 Å². The molecule has 6 nitrogen and oxygen atoms in total. The molecule has 0 aliphatic rings. The Kier molecular flexibility index (Phi) is 4.87. The molecule has 2 rings (SSSR count). The van der Waals surface area contributed by atoms with Crippen molar-refractivity contribution in [2.75, 3.05) is 13.3 Å². The summed E-state index contributed by atoms with van der Waals surface area (Å²) in [6.07, 6.45) is 1.08. The lowest BCUT2D eigenvalue weighted by molar-refractivity contribution is 0.260. The Labute approximate surface area is 126 Å². The highest BCUT2D eigenvalue weighted by molar-refractivity contribution is 7.89. The van der Waals surface area contributed by atoms with Gasteiger partial charge in [0.1, 0.15) is 5.75 Å². The first-order chi connectivity index (χ1) is 10.2. The average Bonchev–Trinajstić information content (AvgIpc) is 2.78.